The van der Waals surface area contributed by atoms with E-state index in [9.17, 15) is 9.59 Å². The molecular weight excluding hydrogens is 328 g/mol. The van der Waals surface area contributed by atoms with E-state index >= 15 is 0 Å². The highest BCUT2D eigenvalue weighted by Crippen LogP contribution is 2.36. The van der Waals surface area contributed by atoms with E-state index in [-0.39, 0.29) is 23.6 Å². The number of amides is 2. The molecule has 0 aliphatic heterocycles. The Balaban J connectivity index is 1.39. The number of carbonyl (C=O) groups excluding carboxylic acids is 1. The molecule has 144 valence electrons. The molecule has 3 N–H and O–H groups in total. The Morgan fingerprint density at radius 2 is 1.73 bits per heavy atom. The third-order valence-corrected chi connectivity index (χ3v) is 6.09. The number of aryl methyl sites for hydroxylation is 1. The molecule has 2 saturated carbocycles. The summed E-state index contributed by atoms with van der Waals surface area (Å²) in [7, 11) is 0. The highest BCUT2D eigenvalue weighted by molar-refractivity contribution is 5.87. The minimum atomic E-state index is -0.353. The summed E-state index contributed by atoms with van der Waals surface area (Å²) in [5, 5.41) is 5.66. The Kier molecular flexibility index (Phi) is 6.33. The molecule has 0 radical (unpaired) electrons. The van der Waals surface area contributed by atoms with E-state index in [0.29, 0.717) is 5.69 Å². The number of rotatable bonds is 4. The molecule has 6 heteroatoms. The van der Waals surface area contributed by atoms with Crippen LogP contribution in [0.4, 0.5) is 10.7 Å². The molecule has 0 bridgehead atoms. The Hall–Kier alpha value is -1.85. The number of urea groups is 1. The van der Waals surface area contributed by atoms with E-state index in [2.05, 4.69) is 27.5 Å². The van der Waals surface area contributed by atoms with Gasteiger partial charge in [0.2, 0.25) is 5.95 Å². The molecular formula is C20H32N4O2. The van der Waals surface area contributed by atoms with Gasteiger partial charge in [0.25, 0.3) is 5.56 Å². The lowest BCUT2D eigenvalue weighted by molar-refractivity contribution is 0.202. The quantitative estimate of drug-likeness (QED) is 0.759. The second-order valence-electron chi connectivity index (χ2n) is 8.43. The molecule has 2 aliphatic carbocycles. The van der Waals surface area contributed by atoms with Gasteiger partial charge in [0, 0.05) is 17.8 Å². The molecule has 0 unspecified atom stereocenters. The van der Waals surface area contributed by atoms with E-state index in [1.807, 2.05) is 0 Å². The number of anilines is 1. The minimum Gasteiger partial charge on any atom is -0.335 e. The Morgan fingerprint density at radius 1 is 1.12 bits per heavy atom. The zero-order chi connectivity index (χ0) is 18.5. The van der Waals surface area contributed by atoms with Gasteiger partial charge in [-0.1, -0.05) is 32.6 Å². The first kappa shape index (κ1) is 18.9. The van der Waals surface area contributed by atoms with Crippen molar-refractivity contribution in [3.05, 3.63) is 22.1 Å². The molecule has 2 amide bonds. The number of nitrogens with one attached hydrogen (secondary N) is 3. The molecule has 1 aromatic heterocycles. The number of hydrogen-bond donors (Lipinski definition) is 3. The van der Waals surface area contributed by atoms with Gasteiger partial charge in [-0.3, -0.25) is 10.1 Å². The SMILES string of the molecule is Cc1cc(=O)nc(NC(=O)NC2CCC(CC3CCC(C)CC3)CC2)[nH]1. The molecule has 0 saturated heterocycles. The van der Waals surface area contributed by atoms with Crippen LogP contribution in [-0.2, 0) is 0 Å². The van der Waals surface area contributed by atoms with Crippen molar-refractivity contribution in [3.63, 3.8) is 0 Å². The second-order valence-corrected chi connectivity index (χ2v) is 8.43. The maximum absolute atomic E-state index is 12.1. The van der Waals surface area contributed by atoms with Crippen LogP contribution in [0.5, 0.6) is 0 Å². The van der Waals surface area contributed by atoms with Gasteiger partial charge in [0.05, 0.1) is 0 Å². The van der Waals surface area contributed by atoms with E-state index in [0.717, 1.165) is 30.6 Å². The third kappa shape index (κ3) is 5.58. The monoisotopic (exact) mass is 360 g/mol. The minimum absolute atomic E-state index is 0.202. The molecule has 26 heavy (non-hydrogen) atoms. The molecule has 1 heterocycles. The molecule has 0 aromatic carbocycles. The molecule has 0 spiro atoms. The molecule has 3 rings (SSSR count). The van der Waals surface area contributed by atoms with Crippen LogP contribution in [0.2, 0.25) is 0 Å². The molecule has 0 atom stereocenters. The van der Waals surface area contributed by atoms with Crippen molar-refractivity contribution in [1.82, 2.24) is 15.3 Å². The van der Waals surface area contributed by atoms with Gasteiger partial charge in [-0.25, -0.2) is 4.79 Å². The van der Waals surface area contributed by atoms with Crippen LogP contribution < -0.4 is 16.2 Å². The summed E-state index contributed by atoms with van der Waals surface area (Å²) >= 11 is 0. The first-order valence-electron chi connectivity index (χ1n) is 10.1. The van der Waals surface area contributed by atoms with Crippen molar-refractivity contribution in [3.8, 4) is 0 Å². The first-order chi connectivity index (χ1) is 12.5. The topological polar surface area (TPSA) is 86.9 Å². The lowest BCUT2D eigenvalue weighted by atomic mass is 9.75. The van der Waals surface area contributed by atoms with Crippen LogP contribution in [0, 0.1) is 24.7 Å². The smallest absolute Gasteiger partial charge is 0.321 e. The van der Waals surface area contributed by atoms with E-state index in [1.54, 1.807) is 6.92 Å². The average Bonchev–Trinajstić information content (AvgIpc) is 2.57. The van der Waals surface area contributed by atoms with E-state index in [4.69, 9.17) is 0 Å². The van der Waals surface area contributed by atoms with Gasteiger partial charge in [-0.15, -0.1) is 0 Å². The predicted molar refractivity (Wildman–Crippen MR) is 103 cm³/mol. The van der Waals surface area contributed by atoms with Crippen LogP contribution >= 0.6 is 0 Å². The fraction of sp³-hybridized carbons (Fsp3) is 0.750. The number of nitrogens with zero attached hydrogens (tertiary/aromatic N) is 1. The summed E-state index contributed by atoms with van der Waals surface area (Å²) in [5.74, 6) is 2.87. The fourth-order valence-electron chi connectivity index (χ4n) is 4.55. The van der Waals surface area contributed by atoms with Gasteiger partial charge < -0.3 is 10.3 Å². The van der Waals surface area contributed by atoms with Crippen LogP contribution in [0.3, 0.4) is 0 Å². The summed E-state index contributed by atoms with van der Waals surface area (Å²) in [6.07, 6.45) is 11.5. The summed E-state index contributed by atoms with van der Waals surface area (Å²) in [6, 6.07) is 1.33. The van der Waals surface area contributed by atoms with Crippen LogP contribution in [0.25, 0.3) is 0 Å². The second kappa shape index (κ2) is 8.69. The number of hydrogen-bond acceptors (Lipinski definition) is 3. The van der Waals surface area contributed by atoms with Crippen molar-refractivity contribution in [2.75, 3.05) is 5.32 Å². The lowest BCUT2D eigenvalue weighted by Gasteiger charge is -2.33. The largest absolute Gasteiger partial charge is 0.335 e. The molecule has 6 nitrogen and oxygen atoms in total. The van der Waals surface area contributed by atoms with Crippen LogP contribution in [-0.4, -0.2) is 22.0 Å². The number of aromatic nitrogens is 2. The predicted octanol–water partition coefficient (Wildman–Crippen LogP) is 3.98. The van der Waals surface area contributed by atoms with Gasteiger partial charge in [-0.2, -0.15) is 4.98 Å². The maximum atomic E-state index is 12.1. The van der Waals surface area contributed by atoms with Gasteiger partial charge >= 0.3 is 6.03 Å². The highest BCUT2D eigenvalue weighted by Gasteiger charge is 2.26. The summed E-state index contributed by atoms with van der Waals surface area (Å²) < 4.78 is 0. The number of aromatic amines is 1. The standard InChI is InChI=1S/C20H32N4O2/c1-13-3-5-15(6-4-13)12-16-7-9-17(10-8-16)22-20(26)24-19-21-14(2)11-18(25)23-19/h11,13,15-17H,3-10,12H2,1-2H3,(H3,21,22,23,24,25,26). The normalized spacial score (nSPS) is 29.2. The Morgan fingerprint density at radius 3 is 2.35 bits per heavy atom. The van der Waals surface area contributed by atoms with Crippen LogP contribution in [0.1, 0.15) is 70.4 Å². The molecule has 1 aromatic rings. The van der Waals surface area contributed by atoms with Crippen molar-refractivity contribution in [2.45, 2.75) is 77.7 Å². The maximum Gasteiger partial charge on any atom is 0.321 e. The highest BCUT2D eigenvalue weighted by atomic mass is 16.2. The summed E-state index contributed by atoms with van der Waals surface area (Å²) in [5.41, 5.74) is 0.326. The summed E-state index contributed by atoms with van der Waals surface area (Å²) in [4.78, 5) is 30.2. The van der Waals surface area contributed by atoms with E-state index in [1.165, 1.54) is 51.0 Å². The van der Waals surface area contributed by atoms with Crippen molar-refractivity contribution < 1.29 is 4.79 Å². The number of H-pyrrole nitrogens is 1. The average molecular weight is 361 g/mol. The molecule has 2 aliphatic rings. The van der Waals surface area contributed by atoms with Crippen molar-refractivity contribution in [1.29, 1.82) is 0 Å². The number of carbonyl (C=O) groups is 1. The lowest BCUT2D eigenvalue weighted by Crippen LogP contribution is -2.40. The third-order valence-electron chi connectivity index (χ3n) is 6.09. The Labute approximate surface area is 155 Å². The van der Waals surface area contributed by atoms with Crippen molar-refractivity contribution >= 4 is 12.0 Å². The first-order valence-corrected chi connectivity index (χ1v) is 10.1. The summed E-state index contributed by atoms with van der Waals surface area (Å²) in [6.45, 7) is 4.14. The van der Waals surface area contributed by atoms with Gasteiger partial charge in [0.15, 0.2) is 0 Å². The van der Waals surface area contributed by atoms with Gasteiger partial charge in [-0.05, 0) is 56.8 Å². The Bertz CT molecular complexity index is 656. The van der Waals surface area contributed by atoms with E-state index < -0.39 is 0 Å². The van der Waals surface area contributed by atoms with Crippen LogP contribution in [0.15, 0.2) is 10.9 Å². The molecule has 2 fully saturated rings. The fourth-order valence-corrected chi connectivity index (χ4v) is 4.55. The van der Waals surface area contributed by atoms with Gasteiger partial charge in [0.1, 0.15) is 0 Å². The zero-order valence-corrected chi connectivity index (χ0v) is 16.0. The van der Waals surface area contributed by atoms with Crippen molar-refractivity contribution in [2.24, 2.45) is 17.8 Å². The zero-order valence-electron chi connectivity index (χ0n) is 16.0.